The Morgan fingerprint density at radius 2 is 2.12 bits per heavy atom. The van der Waals surface area contributed by atoms with E-state index in [2.05, 4.69) is 10.1 Å². The second kappa shape index (κ2) is 4.48. The summed E-state index contributed by atoms with van der Waals surface area (Å²) in [7, 11) is 1.30. The summed E-state index contributed by atoms with van der Waals surface area (Å²) >= 11 is 12.6. The van der Waals surface area contributed by atoms with Crippen LogP contribution in [0.1, 0.15) is 22.5 Å². The molecular weight excluding hydrogens is 285 g/mol. The molecule has 1 heterocycles. The zero-order valence-electron chi connectivity index (χ0n) is 8.88. The van der Waals surface area contributed by atoms with E-state index in [4.69, 9.17) is 23.2 Å². The molecule has 2 rings (SSSR count). The maximum Gasteiger partial charge on any atom is 0.331 e. The summed E-state index contributed by atoms with van der Waals surface area (Å²) in [5, 5.41) is 2.99. The van der Waals surface area contributed by atoms with Gasteiger partial charge < -0.3 is 10.1 Å². The van der Waals surface area contributed by atoms with Crippen LogP contribution in [0.4, 0.5) is 0 Å². The van der Waals surface area contributed by atoms with Gasteiger partial charge in [0.2, 0.25) is 0 Å². The molecule has 0 radical (unpaired) electrons. The van der Waals surface area contributed by atoms with Crippen LogP contribution in [0.5, 0.6) is 0 Å². The van der Waals surface area contributed by atoms with Gasteiger partial charge in [0.1, 0.15) is 9.88 Å². The summed E-state index contributed by atoms with van der Waals surface area (Å²) in [6.45, 7) is 0. The summed E-state index contributed by atoms with van der Waals surface area (Å²) in [5.74, 6) is -0.772. The third-order valence-electron chi connectivity index (χ3n) is 2.55. The number of methoxy groups -OCH3 is 1. The molecule has 17 heavy (non-hydrogen) atoms. The number of hydrogen-bond donors (Lipinski definition) is 1. The fourth-order valence-electron chi connectivity index (χ4n) is 1.44. The average Bonchev–Trinajstić information content (AvgIpc) is 3.00. The van der Waals surface area contributed by atoms with E-state index in [-0.39, 0.29) is 5.91 Å². The summed E-state index contributed by atoms with van der Waals surface area (Å²) in [4.78, 5) is 23.7. The van der Waals surface area contributed by atoms with E-state index in [1.807, 2.05) is 0 Å². The fourth-order valence-corrected chi connectivity index (χ4v) is 2.70. The molecule has 0 unspecified atom stereocenters. The first-order valence-corrected chi connectivity index (χ1v) is 6.41. The Labute approximate surface area is 112 Å². The quantitative estimate of drug-likeness (QED) is 0.871. The third-order valence-corrected chi connectivity index (χ3v) is 4.41. The lowest BCUT2D eigenvalue weighted by Crippen LogP contribution is -2.43. The number of thiophene rings is 1. The molecule has 1 saturated carbocycles. The molecule has 1 fully saturated rings. The first-order valence-electron chi connectivity index (χ1n) is 4.84. The second-order valence-corrected chi connectivity index (χ2v) is 5.82. The highest BCUT2D eigenvalue weighted by molar-refractivity contribution is 7.18. The lowest BCUT2D eigenvalue weighted by Gasteiger charge is -2.13. The largest absolute Gasteiger partial charge is 0.467 e. The van der Waals surface area contributed by atoms with Gasteiger partial charge >= 0.3 is 5.97 Å². The molecule has 1 aliphatic carbocycles. The molecule has 0 spiro atoms. The van der Waals surface area contributed by atoms with E-state index in [0.29, 0.717) is 27.1 Å². The SMILES string of the molecule is COC(=O)C1(NC(=O)c2cc(Cl)c(Cl)s2)CC1. The monoisotopic (exact) mass is 293 g/mol. The molecule has 1 aromatic heterocycles. The third kappa shape index (κ3) is 2.41. The average molecular weight is 294 g/mol. The summed E-state index contributed by atoms with van der Waals surface area (Å²) in [6, 6.07) is 1.48. The maximum atomic E-state index is 11.9. The standard InChI is InChI=1S/C10H9Cl2NO3S/c1-16-9(15)10(2-3-10)13-8(14)6-4-5(11)7(12)17-6/h4H,2-3H2,1H3,(H,13,14). The van der Waals surface area contributed by atoms with Gasteiger partial charge in [-0.1, -0.05) is 23.2 Å². The number of ether oxygens (including phenoxy) is 1. The van der Waals surface area contributed by atoms with E-state index in [1.165, 1.54) is 13.2 Å². The summed E-state index contributed by atoms with van der Waals surface area (Å²) in [6.07, 6.45) is 1.19. The summed E-state index contributed by atoms with van der Waals surface area (Å²) < 4.78 is 5.00. The number of carbonyl (C=O) groups excluding carboxylic acids is 2. The van der Waals surface area contributed by atoms with Crippen molar-refractivity contribution in [2.24, 2.45) is 0 Å². The van der Waals surface area contributed by atoms with Gasteiger partial charge in [0.15, 0.2) is 0 Å². The maximum absolute atomic E-state index is 11.9. The number of hydrogen-bond acceptors (Lipinski definition) is 4. The van der Waals surface area contributed by atoms with Gasteiger partial charge in [-0.25, -0.2) is 4.79 Å². The molecule has 0 atom stereocenters. The molecule has 1 amide bonds. The highest BCUT2D eigenvalue weighted by Crippen LogP contribution is 2.38. The predicted molar refractivity (Wildman–Crippen MR) is 65.8 cm³/mol. The molecule has 92 valence electrons. The van der Waals surface area contributed by atoms with Crippen molar-refractivity contribution in [1.29, 1.82) is 0 Å². The minimum atomic E-state index is -0.852. The molecule has 0 aliphatic heterocycles. The van der Waals surface area contributed by atoms with Crippen molar-refractivity contribution in [2.75, 3.05) is 7.11 Å². The molecular formula is C10H9Cl2NO3S. The van der Waals surface area contributed by atoms with Crippen LogP contribution in [0.3, 0.4) is 0 Å². The summed E-state index contributed by atoms with van der Waals surface area (Å²) in [5.41, 5.74) is -0.852. The fraction of sp³-hybridized carbons (Fsp3) is 0.400. The lowest BCUT2D eigenvalue weighted by molar-refractivity contribution is -0.144. The number of esters is 1. The minimum absolute atomic E-state index is 0.338. The van der Waals surface area contributed by atoms with Crippen molar-refractivity contribution in [2.45, 2.75) is 18.4 Å². The van der Waals surface area contributed by atoms with E-state index in [9.17, 15) is 9.59 Å². The van der Waals surface area contributed by atoms with Crippen LogP contribution in [0, 0.1) is 0 Å². The molecule has 7 heteroatoms. The predicted octanol–water partition coefficient (Wildman–Crippen LogP) is 2.49. The highest BCUT2D eigenvalue weighted by atomic mass is 35.5. The Morgan fingerprint density at radius 1 is 1.47 bits per heavy atom. The Bertz CT molecular complexity index is 462. The van der Waals surface area contributed by atoms with Gasteiger partial charge in [-0.15, -0.1) is 11.3 Å². The number of amides is 1. The lowest BCUT2D eigenvalue weighted by atomic mass is 10.2. The Balaban J connectivity index is 2.10. The van der Waals surface area contributed by atoms with Crippen LogP contribution in [0.15, 0.2) is 6.07 Å². The Morgan fingerprint density at radius 3 is 2.53 bits per heavy atom. The van der Waals surface area contributed by atoms with Gasteiger partial charge in [0, 0.05) is 0 Å². The molecule has 0 aromatic carbocycles. The van der Waals surface area contributed by atoms with Crippen molar-refractivity contribution in [3.05, 3.63) is 20.3 Å². The highest BCUT2D eigenvalue weighted by Gasteiger charge is 2.52. The second-order valence-electron chi connectivity index (χ2n) is 3.76. The van der Waals surface area contributed by atoms with Crippen LogP contribution in [0.2, 0.25) is 9.36 Å². The van der Waals surface area contributed by atoms with Crippen LogP contribution in [-0.2, 0) is 9.53 Å². The molecule has 1 N–H and O–H groups in total. The number of carbonyl (C=O) groups is 2. The smallest absolute Gasteiger partial charge is 0.331 e. The van der Waals surface area contributed by atoms with Gasteiger partial charge in [-0.05, 0) is 18.9 Å². The first-order chi connectivity index (χ1) is 7.98. The topological polar surface area (TPSA) is 55.4 Å². The Hall–Kier alpha value is -0.780. The van der Waals surface area contributed by atoms with Crippen molar-refractivity contribution < 1.29 is 14.3 Å². The van der Waals surface area contributed by atoms with Gasteiger partial charge in [-0.3, -0.25) is 4.79 Å². The van der Waals surface area contributed by atoms with Crippen LogP contribution < -0.4 is 5.32 Å². The van der Waals surface area contributed by atoms with E-state index >= 15 is 0 Å². The molecule has 0 saturated heterocycles. The number of rotatable bonds is 3. The Kier molecular flexibility index (Phi) is 3.34. The van der Waals surface area contributed by atoms with E-state index in [0.717, 1.165) is 11.3 Å². The van der Waals surface area contributed by atoms with Crippen molar-refractivity contribution in [3.8, 4) is 0 Å². The van der Waals surface area contributed by atoms with Crippen LogP contribution >= 0.6 is 34.5 Å². The molecule has 0 bridgehead atoms. The molecule has 1 aliphatic rings. The molecule has 1 aromatic rings. The zero-order chi connectivity index (χ0) is 12.6. The van der Waals surface area contributed by atoms with Crippen molar-refractivity contribution >= 4 is 46.4 Å². The van der Waals surface area contributed by atoms with Crippen LogP contribution in [0.25, 0.3) is 0 Å². The van der Waals surface area contributed by atoms with Crippen LogP contribution in [-0.4, -0.2) is 24.5 Å². The molecule has 4 nitrogen and oxygen atoms in total. The van der Waals surface area contributed by atoms with E-state index in [1.54, 1.807) is 0 Å². The van der Waals surface area contributed by atoms with Gasteiger partial charge in [-0.2, -0.15) is 0 Å². The number of halogens is 2. The van der Waals surface area contributed by atoms with E-state index < -0.39 is 11.5 Å². The zero-order valence-corrected chi connectivity index (χ0v) is 11.2. The van der Waals surface area contributed by atoms with Gasteiger partial charge in [0.05, 0.1) is 17.0 Å². The first kappa shape index (κ1) is 12.7. The van der Waals surface area contributed by atoms with Crippen molar-refractivity contribution in [3.63, 3.8) is 0 Å². The van der Waals surface area contributed by atoms with Crippen molar-refractivity contribution in [1.82, 2.24) is 5.32 Å². The number of nitrogens with one attached hydrogen (secondary N) is 1. The van der Waals surface area contributed by atoms with Gasteiger partial charge in [0.25, 0.3) is 5.91 Å². The normalized spacial score (nSPS) is 16.4. The minimum Gasteiger partial charge on any atom is -0.467 e.